The first kappa shape index (κ1) is 14.1. The summed E-state index contributed by atoms with van der Waals surface area (Å²) in [5.74, 6) is 0.214. The highest BCUT2D eigenvalue weighted by atomic mass is 16.5. The van der Waals surface area contributed by atoms with E-state index in [9.17, 15) is 4.79 Å². The van der Waals surface area contributed by atoms with Crippen molar-refractivity contribution in [2.24, 2.45) is 0 Å². The highest BCUT2D eigenvalue weighted by Crippen LogP contribution is 2.20. The molecule has 0 saturated heterocycles. The van der Waals surface area contributed by atoms with Crippen LogP contribution in [-0.2, 0) is 17.6 Å². The Morgan fingerprint density at radius 3 is 2.45 bits per heavy atom. The number of rotatable bonds is 6. The molecule has 2 nitrogen and oxygen atoms in total. The normalized spacial score (nSPS) is 10.0. The van der Waals surface area contributed by atoms with Gasteiger partial charge in [0.15, 0.2) is 0 Å². The molecule has 0 heterocycles. The maximum Gasteiger partial charge on any atom is 0.335 e. The van der Waals surface area contributed by atoms with Crippen LogP contribution in [0.5, 0.6) is 5.75 Å². The van der Waals surface area contributed by atoms with Gasteiger partial charge in [-0.2, -0.15) is 0 Å². The molecule has 0 aliphatic rings. The topological polar surface area (TPSA) is 26.3 Å². The summed E-state index contributed by atoms with van der Waals surface area (Å²) in [5, 5.41) is 0. The Labute approximate surface area is 119 Å². The number of carbonyl (C=O) groups excluding carboxylic acids is 1. The van der Waals surface area contributed by atoms with E-state index in [1.165, 1.54) is 11.6 Å². The summed E-state index contributed by atoms with van der Waals surface area (Å²) < 4.78 is 5.24. The Balaban J connectivity index is 1.95. The molecule has 0 aromatic heterocycles. The van der Waals surface area contributed by atoms with Crippen molar-refractivity contribution >= 4 is 5.97 Å². The van der Waals surface area contributed by atoms with Crippen LogP contribution in [0.15, 0.2) is 67.3 Å². The fourth-order valence-corrected chi connectivity index (χ4v) is 2.09. The minimum Gasteiger partial charge on any atom is -0.423 e. The van der Waals surface area contributed by atoms with Crippen molar-refractivity contribution in [3.05, 3.63) is 78.4 Å². The molecule has 2 aromatic carbocycles. The van der Waals surface area contributed by atoms with Gasteiger partial charge in [0.2, 0.25) is 0 Å². The van der Waals surface area contributed by atoms with E-state index < -0.39 is 5.97 Å². The fourth-order valence-electron chi connectivity index (χ4n) is 2.09. The van der Waals surface area contributed by atoms with Crippen molar-refractivity contribution in [1.82, 2.24) is 0 Å². The van der Waals surface area contributed by atoms with Crippen molar-refractivity contribution in [2.75, 3.05) is 0 Å². The number of esters is 1. The Bertz CT molecular complexity index is 573. The summed E-state index contributed by atoms with van der Waals surface area (Å²) in [6, 6.07) is 18.0. The Morgan fingerprint density at radius 2 is 1.70 bits per heavy atom. The maximum atomic E-state index is 11.3. The largest absolute Gasteiger partial charge is 0.423 e. The summed E-state index contributed by atoms with van der Waals surface area (Å²) in [6.07, 6.45) is 4.10. The second-order valence-corrected chi connectivity index (χ2v) is 4.57. The van der Waals surface area contributed by atoms with Crippen molar-refractivity contribution in [3.8, 4) is 5.75 Å². The molecule has 0 spiro atoms. The molecule has 2 aromatic rings. The third kappa shape index (κ3) is 4.09. The van der Waals surface area contributed by atoms with E-state index in [2.05, 4.69) is 30.8 Å². The number of benzene rings is 2. The van der Waals surface area contributed by atoms with E-state index in [0.717, 1.165) is 24.8 Å². The van der Waals surface area contributed by atoms with E-state index in [1.807, 2.05) is 30.3 Å². The summed E-state index contributed by atoms with van der Waals surface area (Å²) >= 11 is 0. The van der Waals surface area contributed by atoms with Gasteiger partial charge in [-0.05, 0) is 36.5 Å². The first-order chi connectivity index (χ1) is 9.79. The quantitative estimate of drug-likeness (QED) is 0.449. The number of aryl methyl sites for hydroxylation is 2. The lowest BCUT2D eigenvalue weighted by Gasteiger charge is -2.08. The Hall–Kier alpha value is -2.35. The average Bonchev–Trinajstić information content (AvgIpc) is 2.50. The number of para-hydroxylation sites is 1. The molecule has 0 aliphatic heterocycles. The zero-order chi connectivity index (χ0) is 14.2. The fraction of sp³-hybridized carbons (Fsp3) is 0.167. The molecule has 0 radical (unpaired) electrons. The molecular formula is C18H18O2. The summed E-state index contributed by atoms with van der Waals surface area (Å²) in [4.78, 5) is 11.3. The number of hydrogen-bond donors (Lipinski definition) is 0. The van der Waals surface area contributed by atoms with Crippen LogP contribution in [0.4, 0.5) is 0 Å². The van der Waals surface area contributed by atoms with Crippen LogP contribution in [0, 0.1) is 0 Å². The third-order valence-corrected chi connectivity index (χ3v) is 3.10. The maximum absolute atomic E-state index is 11.3. The minimum atomic E-state index is -0.416. The van der Waals surface area contributed by atoms with Crippen molar-refractivity contribution < 1.29 is 9.53 Å². The molecule has 0 bridgehead atoms. The summed E-state index contributed by atoms with van der Waals surface area (Å²) in [5.41, 5.74) is 2.38. The lowest BCUT2D eigenvalue weighted by atomic mass is 10.0. The van der Waals surface area contributed by atoms with Gasteiger partial charge in [-0.25, -0.2) is 4.79 Å². The van der Waals surface area contributed by atoms with Gasteiger partial charge in [0.25, 0.3) is 0 Å². The van der Waals surface area contributed by atoms with Gasteiger partial charge in [-0.3, -0.25) is 0 Å². The molecule has 20 heavy (non-hydrogen) atoms. The van der Waals surface area contributed by atoms with Gasteiger partial charge < -0.3 is 4.74 Å². The predicted molar refractivity (Wildman–Crippen MR) is 80.7 cm³/mol. The molecule has 0 unspecified atom stereocenters. The van der Waals surface area contributed by atoms with Crippen LogP contribution in [0.1, 0.15) is 17.5 Å². The minimum absolute atomic E-state index is 0.416. The second kappa shape index (κ2) is 7.29. The van der Waals surface area contributed by atoms with Crippen molar-refractivity contribution in [2.45, 2.75) is 19.3 Å². The van der Waals surface area contributed by atoms with Crippen LogP contribution in [0.25, 0.3) is 0 Å². The molecule has 2 rings (SSSR count). The smallest absolute Gasteiger partial charge is 0.335 e. The van der Waals surface area contributed by atoms with Gasteiger partial charge >= 0.3 is 5.97 Å². The standard InChI is InChI=1S/C18H18O2/c1-2-18(19)20-17-14-7-6-12-16(17)13-8-11-15-9-4-3-5-10-15/h2-7,9-10,12,14H,1,8,11,13H2. The van der Waals surface area contributed by atoms with E-state index >= 15 is 0 Å². The van der Waals surface area contributed by atoms with Gasteiger partial charge in [0.05, 0.1) is 0 Å². The zero-order valence-electron chi connectivity index (χ0n) is 11.4. The molecule has 102 valence electrons. The van der Waals surface area contributed by atoms with Gasteiger partial charge in [-0.1, -0.05) is 55.1 Å². The van der Waals surface area contributed by atoms with Gasteiger partial charge in [-0.15, -0.1) is 0 Å². The van der Waals surface area contributed by atoms with Crippen molar-refractivity contribution in [1.29, 1.82) is 0 Å². The van der Waals surface area contributed by atoms with Crippen LogP contribution in [0.3, 0.4) is 0 Å². The first-order valence-corrected chi connectivity index (χ1v) is 6.75. The molecule has 0 N–H and O–H groups in total. The highest BCUT2D eigenvalue weighted by molar-refractivity contribution is 5.83. The number of hydrogen-bond acceptors (Lipinski definition) is 2. The lowest BCUT2D eigenvalue weighted by molar-refractivity contribution is -0.129. The monoisotopic (exact) mass is 266 g/mol. The van der Waals surface area contributed by atoms with Crippen LogP contribution >= 0.6 is 0 Å². The highest BCUT2D eigenvalue weighted by Gasteiger charge is 2.06. The van der Waals surface area contributed by atoms with Gasteiger partial charge in [0, 0.05) is 6.08 Å². The van der Waals surface area contributed by atoms with Crippen molar-refractivity contribution in [3.63, 3.8) is 0 Å². The lowest BCUT2D eigenvalue weighted by Crippen LogP contribution is -2.05. The Kier molecular flexibility index (Phi) is 5.13. The molecule has 0 atom stereocenters. The average molecular weight is 266 g/mol. The van der Waals surface area contributed by atoms with E-state index in [0.29, 0.717) is 5.75 Å². The molecule has 0 saturated carbocycles. The third-order valence-electron chi connectivity index (χ3n) is 3.10. The van der Waals surface area contributed by atoms with Crippen LogP contribution < -0.4 is 4.74 Å². The first-order valence-electron chi connectivity index (χ1n) is 6.75. The molecule has 0 amide bonds. The van der Waals surface area contributed by atoms with E-state index in [1.54, 1.807) is 0 Å². The van der Waals surface area contributed by atoms with Gasteiger partial charge in [0.1, 0.15) is 5.75 Å². The predicted octanol–water partition coefficient (Wildman–Crippen LogP) is 3.95. The van der Waals surface area contributed by atoms with Crippen LogP contribution in [-0.4, -0.2) is 5.97 Å². The van der Waals surface area contributed by atoms with E-state index in [-0.39, 0.29) is 0 Å². The van der Waals surface area contributed by atoms with E-state index in [4.69, 9.17) is 4.74 Å². The number of ether oxygens (including phenoxy) is 1. The molecule has 0 aliphatic carbocycles. The SMILES string of the molecule is C=CC(=O)Oc1ccccc1CCCc1ccccc1. The molecule has 0 fully saturated rings. The zero-order valence-corrected chi connectivity index (χ0v) is 11.4. The second-order valence-electron chi connectivity index (χ2n) is 4.57. The number of carbonyl (C=O) groups is 1. The van der Waals surface area contributed by atoms with Crippen LogP contribution in [0.2, 0.25) is 0 Å². The molecular weight excluding hydrogens is 248 g/mol. The summed E-state index contributed by atoms with van der Waals surface area (Å²) in [7, 11) is 0. The summed E-state index contributed by atoms with van der Waals surface area (Å²) in [6.45, 7) is 3.41. The molecule has 2 heteroatoms. The Morgan fingerprint density at radius 1 is 1.00 bits per heavy atom.